The van der Waals surface area contributed by atoms with E-state index < -0.39 is 0 Å². The number of hydrogen-bond donors (Lipinski definition) is 1. The third-order valence-electron chi connectivity index (χ3n) is 3.92. The first-order chi connectivity index (χ1) is 9.11. The second kappa shape index (κ2) is 6.35. The average molecular weight is 267 g/mol. The summed E-state index contributed by atoms with van der Waals surface area (Å²) >= 11 is 0. The Hall–Kier alpha value is -1.13. The van der Waals surface area contributed by atoms with Crippen molar-refractivity contribution >= 4 is 0 Å². The van der Waals surface area contributed by atoms with Gasteiger partial charge < -0.3 is 9.84 Å². The Morgan fingerprint density at radius 3 is 2.79 bits per heavy atom. The Balaban J connectivity index is 2.09. The van der Waals surface area contributed by atoms with Gasteiger partial charge in [0.25, 0.3) is 0 Å². The largest absolute Gasteiger partial charge is 0.496 e. The number of methoxy groups -OCH3 is 1. The molecule has 0 aliphatic heterocycles. The molecule has 1 aliphatic carbocycles. The van der Waals surface area contributed by atoms with Crippen LogP contribution in [0.5, 0.6) is 5.75 Å². The number of aliphatic hydroxyl groups is 1. The molecular formula is C15H22FNO2. The maximum Gasteiger partial charge on any atom is 0.123 e. The molecule has 1 aromatic carbocycles. The molecule has 3 nitrogen and oxygen atoms in total. The summed E-state index contributed by atoms with van der Waals surface area (Å²) in [5, 5.41) is 10.1. The zero-order valence-electron chi connectivity index (χ0n) is 11.6. The lowest BCUT2D eigenvalue weighted by Gasteiger charge is -2.35. The maximum absolute atomic E-state index is 13.3. The van der Waals surface area contributed by atoms with Crippen molar-refractivity contribution in [1.29, 1.82) is 0 Å². The molecule has 0 bridgehead atoms. The number of hydrogen-bond acceptors (Lipinski definition) is 3. The highest BCUT2D eigenvalue weighted by Gasteiger charge is 2.27. The van der Waals surface area contributed by atoms with Crippen molar-refractivity contribution in [3.63, 3.8) is 0 Å². The highest BCUT2D eigenvalue weighted by atomic mass is 19.1. The van der Waals surface area contributed by atoms with E-state index in [1.165, 1.54) is 12.1 Å². The highest BCUT2D eigenvalue weighted by Crippen LogP contribution is 2.26. The SMILES string of the molecule is COc1ccc(F)cc1CN(C)C1CCCCC1O. The third kappa shape index (κ3) is 3.45. The van der Waals surface area contributed by atoms with Crippen molar-refractivity contribution in [1.82, 2.24) is 4.90 Å². The van der Waals surface area contributed by atoms with Gasteiger partial charge in [-0.2, -0.15) is 0 Å². The summed E-state index contributed by atoms with van der Waals surface area (Å²) < 4.78 is 18.6. The predicted molar refractivity (Wildman–Crippen MR) is 72.7 cm³/mol. The van der Waals surface area contributed by atoms with Crippen LogP contribution in [0.15, 0.2) is 18.2 Å². The minimum atomic E-state index is -0.279. The second-order valence-electron chi connectivity index (χ2n) is 5.29. The average Bonchev–Trinajstić information content (AvgIpc) is 2.39. The van der Waals surface area contributed by atoms with Gasteiger partial charge in [-0.25, -0.2) is 4.39 Å². The van der Waals surface area contributed by atoms with Gasteiger partial charge in [-0.3, -0.25) is 4.90 Å². The lowest BCUT2D eigenvalue weighted by Crippen LogP contribution is -2.42. The quantitative estimate of drug-likeness (QED) is 0.910. The molecule has 0 spiro atoms. The van der Waals surface area contributed by atoms with Gasteiger partial charge in [0, 0.05) is 18.2 Å². The number of halogens is 1. The summed E-state index contributed by atoms with van der Waals surface area (Å²) in [6.07, 6.45) is 3.81. The van der Waals surface area contributed by atoms with Gasteiger partial charge in [-0.1, -0.05) is 12.8 Å². The fourth-order valence-corrected chi connectivity index (χ4v) is 2.86. The number of rotatable bonds is 4. The molecule has 106 valence electrons. The van der Waals surface area contributed by atoms with E-state index in [9.17, 15) is 9.50 Å². The van der Waals surface area contributed by atoms with Crippen molar-refractivity contribution in [2.24, 2.45) is 0 Å². The molecular weight excluding hydrogens is 245 g/mol. The molecule has 1 aromatic rings. The Morgan fingerprint density at radius 1 is 1.37 bits per heavy atom. The molecule has 0 radical (unpaired) electrons. The molecule has 1 fully saturated rings. The van der Waals surface area contributed by atoms with Crippen molar-refractivity contribution in [2.75, 3.05) is 14.2 Å². The van der Waals surface area contributed by atoms with E-state index in [2.05, 4.69) is 4.90 Å². The standard InChI is InChI=1S/C15H22FNO2/c1-17(13-5-3-4-6-14(13)18)10-11-9-12(16)7-8-15(11)19-2/h7-9,13-14,18H,3-6,10H2,1-2H3. The van der Waals surface area contributed by atoms with Gasteiger partial charge in [-0.05, 0) is 38.1 Å². The summed E-state index contributed by atoms with van der Waals surface area (Å²) in [6.45, 7) is 0.586. The molecule has 2 rings (SSSR count). The zero-order chi connectivity index (χ0) is 13.8. The third-order valence-corrected chi connectivity index (χ3v) is 3.92. The normalized spacial score (nSPS) is 23.6. The van der Waals surface area contributed by atoms with E-state index in [1.54, 1.807) is 13.2 Å². The molecule has 4 heteroatoms. The molecule has 0 heterocycles. The number of ether oxygens (including phenoxy) is 1. The Bertz CT molecular complexity index is 425. The molecule has 2 atom stereocenters. The van der Waals surface area contributed by atoms with Gasteiger partial charge in [0.1, 0.15) is 11.6 Å². The van der Waals surface area contributed by atoms with Crippen LogP contribution in [0.2, 0.25) is 0 Å². The molecule has 1 N–H and O–H groups in total. The van der Waals surface area contributed by atoms with Gasteiger partial charge >= 0.3 is 0 Å². The topological polar surface area (TPSA) is 32.7 Å². The Morgan fingerprint density at radius 2 is 2.11 bits per heavy atom. The van der Waals surface area contributed by atoms with Gasteiger partial charge in [0.15, 0.2) is 0 Å². The van der Waals surface area contributed by atoms with Gasteiger partial charge in [0.2, 0.25) is 0 Å². The van der Waals surface area contributed by atoms with Crippen molar-refractivity contribution in [3.05, 3.63) is 29.6 Å². The lowest BCUT2D eigenvalue weighted by atomic mass is 9.91. The first-order valence-electron chi connectivity index (χ1n) is 6.82. The summed E-state index contributed by atoms with van der Waals surface area (Å²) in [5.74, 6) is 0.437. The van der Waals surface area contributed by atoms with E-state index in [0.29, 0.717) is 12.3 Å². The van der Waals surface area contributed by atoms with Crippen molar-refractivity contribution in [3.8, 4) is 5.75 Å². The van der Waals surface area contributed by atoms with E-state index in [1.807, 2.05) is 7.05 Å². The summed E-state index contributed by atoms with van der Waals surface area (Å²) in [4.78, 5) is 2.10. The number of benzene rings is 1. The molecule has 1 saturated carbocycles. The number of likely N-dealkylation sites (N-methyl/N-ethyl adjacent to an activating group) is 1. The van der Waals surface area contributed by atoms with Crippen LogP contribution < -0.4 is 4.74 Å². The van der Waals surface area contributed by atoms with Crippen LogP contribution in [0.1, 0.15) is 31.2 Å². The summed E-state index contributed by atoms with van der Waals surface area (Å²) in [7, 11) is 3.57. The molecule has 0 amide bonds. The predicted octanol–water partition coefficient (Wildman–Crippen LogP) is 2.57. The van der Waals surface area contributed by atoms with E-state index in [-0.39, 0.29) is 18.0 Å². The van der Waals surface area contributed by atoms with Gasteiger partial charge in [-0.15, -0.1) is 0 Å². The van der Waals surface area contributed by atoms with Crippen LogP contribution in [-0.4, -0.2) is 36.3 Å². The highest BCUT2D eigenvalue weighted by molar-refractivity contribution is 5.33. The van der Waals surface area contributed by atoms with E-state index in [4.69, 9.17) is 4.74 Å². The van der Waals surface area contributed by atoms with Crippen LogP contribution in [0, 0.1) is 5.82 Å². The number of nitrogens with zero attached hydrogens (tertiary/aromatic N) is 1. The van der Waals surface area contributed by atoms with E-state index >= 15 is 0 Å². The molecule has 0 saturated heterocycles. The minimum absolute atomic E-state index is 0.154. The van der Waals surface area contributed by atoms with Gasteiger partial charge in [0.05, 0.1) is 13.2 Å². The van der Waals surface area contributed by atoms with Crippen LogP contribution in [-0.2, 0) is 6.54 Å². The maximum atomic E-state index is 13.3. The van der Waals surface area contributed by atoms with Crippen LogP contribution in [0.4, 0.5) is 4.39 Å². The Kier molecular flexibility index (Phi) is 4.77. The first-order valence-corrected chi connectivity index (χ1v) is 6.82. The van der Waals surface area contributed by atoms with Crippen LogP contribution >= 0.6 is 0 Å². The smallest absolute Gasteiger partial charge is 0.123 e. The van der Waals surface area contributed by atoms with Crippen molar-refractivity contribution in [2.45, 2.75) is 44.4 Å². The molecule has 19 heavy (non-hydrogen) atoms. The second-order valence-corrected chi connectivity index (χ2v) is 5.29. The monoisotopic (exact) mass is 267 g/mol. The number of aliphatic hydroxyl groups excluding tert-OH is 1. The molecule has 0 aromatic heterocycles. The Labute approximate surface area is 114 Å². The first kappa shape index (κ1) is 14.3. The van der Waals surface area contributed by atoms with E-state index in [0.717, 1.165) is 31.2 Å². The summed E-state index contributed by atoms with van der Waals surface area (Å²) in [6, 6.07) is 4.71. The van der Waals surface area contributed by atoms with Crippen LogP contribution in [0.3, 0.4) is 0 Å². The fraction of sp³-hybridized carbons (Fsp3) is 0.600. The lowest BCUT2D eigenvalue weighted by molar-refractivity contribution is 0.0285. The van der Waals surface area contributed by atoms with Crippen molar-refractivity contribution < 1.29 is 14.2 Å². The molecule has 1 aliphatic rings. The minimum Gasteiger partial charge on any atom is -0.496 e. The zero-order valence-corrected chi connectivity index (χ0v) is 11.6. The molecule has 2 unspecified atom stereocenters. The fourth-order valence-electron chi connectivity index (χ4n) is 2.86. The van der Waals surface area contributed by atoms with Crippen LogP contribution in [0.25, 0.3) is 0 Å². The summed E-state index contributed by atoms with van der Waals surface area (Å²) in [5.41, 5.74) is 0.822.